The molecule has 1 N–H and O–H groups in total. The summed E-state index contributed by atoms with van der Waals surface area (Å²) in [4.78, 5) is 47.7. The lowest BCUT2D eigenvalue weighted by molar-refractivity contribution is -0.122. The first-order valence-corrected chi connectivity index (χ1v) is 10.4. The van der Waals surface area contributed by atoms with Crippen molar-refractivity contribution in [3.8, 4) is 0 Å². The van der Waals surface area contributed by atoms with E-state index < -0.39 is 23.7 Å². The van der Waals surface area contributed by atoms with Gasteiger partial charge in [-0.3, -0.25) is 19.1 Å². The molecule has 0 aliphatic rings. The lowest BCUT2D eigenvalue weighted by Crippen LogP contribution is -2.44. The smallest absolute Gasteiger partial charge is 0.333 e. The average Bonchev–Trinajstić information content (AvgIpc) is 3.25. The van der Waals surface area contributed by atoms with Crippen LogP contribution >= 0.6 is 0 Å². The minimum atomic E-state index is -0.576. The minimum absolute atomic E-state index is 0.239. The Labute approximate surface area is 184 Å². The maximum atomic E-state index is 13.3. The van der Waals surface area contributed by atoms with Crippen molar-refractivity contribution in [1.29, 1.82) is 0 Å². The molecule has 164 valence electrons. The molecule has 0 spiro atoms. The number of pyridine rings is 1. The number of carbonyl (C=O) groups excluding carboxylic acids is 1. The molecule has 4 rings (SSSR count). The number of rotatable bonds is 7. The van der Waals surface area contributed by atoms with Gasteiger partial charge in [0.1, 0.15) is 6.54 Å². The Bertz CT molecular complexity index is 1360. The zero-order chi connectivity index (χ0) is 22.7. The van der Waals surface area contributed by atoms with E-state index in [1.807, 2.05) is 43.3 Å². The van der Waals surface area contributed by atoms with Crippen LogP contribution in [0.15, 0.2) is 70.6 Å². The molecule has 0 fully saturated rings. The SMILES string of the molecule is CCn1cnc2c1c(=O)n(CC(=O)NC(C)c1ccccn1)c(=O)n2Cc1ccccc1. The highest BCUT2D eigenvalue weighted by molar-refractivity contribution is 5.77. The standard InChI is InChI=1S/C23H24N6O3/c1-3-27-15-25-21-20(27)22(31)29(23(32)28(21)13-17-9-5-4-6-10-17)14-19(30)26-16(2)18-11-7-8-12-24-18/h4-12,15-16H,3,13-14H2,1-2H3,(H,26,30). The number of benzene rings is 1. The quantitative estimate of drug-likeness (QED) is 0.479. The first-order chi connectivity index (χ1) is 15.5. The molecule has 9 heteroatoms. The van der Waals surface area contributed by atoms with E-state index in [2.05, 4.69) is 15.3 Å². The number of carbonyl (C=O) groups is 1. The molecule has 3 aromatic heterocycles. The van der Waals surface area contributed by atoms with Crippen LogP contribution in [0.4, 0.5) is 0 Å². The molecule has 0 aliphatic carbocycles. The van der Waals surface area contributed by atoms with Crippen LogP contribution in [0.1, 0.15) is 31.1 Å². The first-order valence-electron chi connectivity index (χ1n) is 10.4. The summed E-state index contributed by atoms with van der Waals surface area (Å²) in [7, 11) is 0. The van der Waals surface area contributed by atoms with Crippen LogP contribution in [0.25, 0.3) is 11.2 Å². The van der Waals surface area contributed by atoms with Gasteiger partial charge >= 0.3 is 5.69 Å². The van der Waals surface area contributed by atoms with Crippen molar-refractivity contribution in [2.75, 3.05) is 0 Å². The van der Waals surface area contributed by atoms with E-state index in [0.29, 0.717) is 23.4 Å². The van der Waals surface area contributed by atoms with Crippen molar-refractivity contribution in [2.24, 2.45) is 0 Å². The van der Waals surface area contributed by atoms with Gasteiger partial charge < -0.3 is 9.88 Å². The van der Waals surface area contributed by atoms with Gasteiger partial charge in [0.25, 0.3) is 5.56 Å². The van der Waals surface area contributed by atoms with Crippen molar-refractivity contribution in [2.45, 2.75) is 39.5 Å². The van der Waals surface area contributed by atoms with Crippen molar-refractivity contribution in [3.05, 3.63) is 93.2 Å². The molecule has 32 heavy (non-hydrogen) atoms. The number of fused-ring (bicyclic) bond motifs is 1. The Balaban J connectivity index is 1.73. The van der Waals surface area contributed by atoms with E-state index >= 15 is 0 Å². The first kappa shape index (κ1) is 21.2. The molecule has 1 unspecified atom stereocenters. The molecular weight excluding hydrogens is 408 g/mol. The topological polar surface area (TPSA) is 104 Å². The van der Waals surface area contributed by atoms with E-state index in [0.717, 1.165) is 10.1 Å². The molecule has 0 radical (unpaired) electrons. The highest BCUT2D eigenvalue weighted by Crippen LogP contribution is 2.10. The average molecular weight is 432 g/mol. The largest absolute Gasteiger partial charge is 0.346 e. The Morgan fingerprint density at radius 2 is 1.78 bits per heavy atom. The lowest BCUT2D eigenvalue weighted by atomic mass is 10.2. The zero-order valence-electron chi connectivity index (χ0n) is 17.9. The van der Waals surface area contributed by atoms with Crippen molar-refractivity contribution < 1.29 is 4.79 Å². The van der Waals surface area contributed by atoms with Crippen LogP contribution < -0.4 is 16.6 Å². The number of hydrogen-bond donors (Lipinski definition) is 1. The summed E-state index contributed by atoms with van der Waals surface area (Å²) in [5.74, 6) is -0.449. The molecule has 0 saturated heterocycles. The van der Waals surface area contributed by atoms with Gasteiger partial charge in [0, 0.05) is 12.7 Å². The highest BCUT2D eigenvalue weighted by atomic mass is 16.2. The summed E-state index contributed by atoms with van der Waals surface area (Å²) in [6.45, 7) is 4.04. The maximum Gasteiger partial charge on any atom is 0.333 e. The minimum Gasteiger partial charge on any atom is -0.346 e. The molecule has 0 aliphatic heterocycles. The van der Waals surface area contributed by atoms with Gasteiger partial charge in [-0.25, -0.2) is 14.3 Å². The van der Waals surface area contributed by atoms with Crippen molar-refractivity contribution in [3.63, 3.8) is 0 Å². The van der Waals surface area contributed by atoms with Crippen LogP contribution in [0.5, 0.6) is 0 Å². The third-order valence-electron chi connectivity index (χ3n) is 5.32. The molecule has 3 heterocycles. The Morgan fingerprint density at radius 3 is 2.47 bits per heavy atom. The van der Waals surface area contributed by atoms with Crippen molar-refractivity contribution >= 4 is 17.1 Å². The number of aromatic nitrogens is 5. The van der Waals surface area contributed by atoms with Gasteiger partial charge in [0.05, 0.1) is 24.6 Å². The number of hydrogen-bond acceptors (Lipinski definition) is 5. The third kappa shape index (κ3) is 4.09. The number of imidazole rings is 1. The number of aryl methyl sites for hydroxylation is 1. The fourth-order valence-electron chi connectivity index (χ4n) is 3.66. The van der Waals surface area contributed by atoms with E-state index in [1.165, 1.54) is 4.57 Å². The second-order valence-corrected chi connectivity index (χ2v) is 7.49. The summed E-state index contributed by atoms with van der Waals surface area (Å²) in [6.07, 6.45) is 3.19. The summed E-state index contributed by atoms with van der Waals surface area (Å²) in [5, 5.41) is 2.81. The number of nitrogens with one attached hydrogen (secondary N) is 1. The Hall–Kier alpha value is -4.01. The molecule has 0 saturated carbocycles. The van der Waals surface area contributed by atoms with Gasteiger partial charge in [0.15, 0.2) is 11.2 Å². The molecule has 4 aromatic rings. The summed E-state index contributed by atoms with van der Waals surface area (Å²) in [6, 6.07) is 14.5. The molecule has 1 atom stereocenters. The third-order valence-corrected chi connectivity index (χ3v) is 5.32. The van der Waals surface area contributed by atoms with Crippen LogP contribution in [0, 0.1) is 0 Å². The van der Waals surface area contributed by atoms with Crippen LogP contribution in [0.3, 0.4) is 0 Å². The molecular formula is C23H24N6O3. The van der Waals surface area contributed by atoms with E-state index in [9.17, 15) is 14.4 Å². The van der Waals surface area contributed by atoms with Gasteiger partial charge in [0.2, 0.25) is 5.91 Å². The van der Waals surface area contributed by atoms with Gasteiger partial charge in [-0.05, 0) is 31.5 Å². The molecule has 1 aromatic carbocycles. The fraction of sp³-hybridized carbons (Fsp3) is 0.261. The van der Waals surface area contributed by atoms with Crippen molar-refractivity contribution in [1.82, 2.24) is 29.0 Å². The van der Waals surface area contributed by atoms with E-state index in [1.54, 1.807) is 36.1 Å². The highest BCUT2D eigenvalue weighted by Gasteiger charge is 2.20. The molecule has 1 amide bonds. The van der Waals surface area contributed by atoms with E-state index in [-0.39, 0.29) is 12.6 Å². The predicted octanol–water partition coefficient (Wildman–Crippen LogP) is 1.70. The normalized spacial score (nSPS) is 12.1. The van der Waals surface area contributed by atoms with Crippen LogP contribution in [-0.4, -0.2) is 29.6 Å². The van der Waals surface area contributed by atoms with Crippen LogP contribution in [0.2, 0.25) is 0 Å². The zero-order valence-corrected chi connectivity index (χ0v) is 17.9. The number of nitrogens with zero attached hydrogens (tertiary/aromatic N) is 5. The van der Waals surface area contributed by atoms with E-state index in [4.69, 9.17) is 0 Å². The van der Waals surface area contributed by atoms with Gasteiger partial charge in [-0.2, -0.15) is 0 Å². The monoisotopic (exact) mass is 432 g/mol. The Morgan fingerprint density at radius 1 is 1.03 bits per heavy atom. The predicted molar refractivity (Wildman–Crippen MR) is 120 cm³/mol. The molecule has 9 nitrogen and oxygen atoms in total. The summed E-state index contributed by atoms with van der Waals surface area (Å²) < 4.78 is 4.09. The second kappa shape index (κ2) is 9.01. The lowest BCUT2D eigenvalue weighted by Gasteiger charge is -2.15. The maximum absolute atomic E-state index is 13.3. The Kier molecular flexibility index (Phi) is 5.98. The second-order valence-electron chi connectivity index (χ2n) is 7.49. The van der Waals surface area contributed by atoms with Gasteiger partial charge in [-0.1, -0.05) is 36.4 Å². The summed E-state index contributed by atoms with van der Waals surface area (Å²) >= 11 is 0. The summed E-state index contributed by atoms with van der Waals surface area (Å²) in [5.41, 5.74) is 1.08. The van der Waals surface area contributed by atoms with Crippen LogP contribution in [-0.2, 0) is 24.4 Å². The molecule has 0 bridgehead atoms. The number of amides is 1. The fourth-order valence-corrected chi connectivity index (χ4v) is 3.66. The van der Waals surface area contributed by atoms with Gasteiger partial charge in [-0.15, -0.1) is 0 Å².